The normalized spacial score (nSPS) is 11.7. The molecule has 0 radical (unpaired) electrons. The highest BCUT2D eigenvalue weighted by Crippen LogP contribution is 2.21. The van der Waals surface area contributed by atoms with Crippen molar-refractivity contribution in [3.8, 4) is 0 Å². The van der Waals surface area contributed by atoms with Crippen LogP contribution in [0, 0.1) is 0 Å². The predicted molar refractivity (Wildman–Crippen MR) is 83.3 cm³/mol. The van der Waals surface area contributed by atoms with Crippen LogP contribution in [0.4, 0.5) is 0 Å². The Balaban J connectivity index is 2.46. The molecule has 1 aromatic heterocycles. The van der Waals surface area contributed by atoms with Gasteiger partial charge in [0.15, 0.2) is 0 Å². The zero-order valence-electron chi connectivity index (χ0n) is 12.8. The van der Waals surface area contributed by atoms with Crippen LogP contribution in [0.3, 0.4) is 0 Å². The van der Waals surface area contributed by atoms with E-state index in [4.69, 9.17) is 5.11 Å². The summed E-state index contributed by atoms with van der Waals surface area (Å²) in [5, 5.41) is 16.0. The lowest BCUT2D eigenvalue weighted by molar-refractivity contribution is 0.0947. The molecule has 5 nitrogen and oxygen atoms in total. The monoisotopic (exact) mass is 299 g/mol. The number of thioether (sulfide) groups is 1. The Hall–Kier alpha value is -1.01. The molecule has 0 bridgehead atoms. The molecule has 1 amide bonds. The summed E-state index contributed by atoms with van der Waals surface area (Å²) in [6.07, 6.45) is 0.801. The summed E-state index contributed by atoms with van der Waals surface area (Å²) in [5.74, 6) is 1.69. The second kappa shape index (κ2) is 7.69. The fourth-order valence-electron chi connectivity index (χ4n) is 1.64. The smallest absolute Gasteiger partial charge is 0.269 e. The SMILES string of the molecule is Cn1nc(C(C)(C)C)cc1C(=O)NCCSCCCO. The van der Waals surface area contributed by atoms with Crippen LogP contribution < -0.4 is 5.32 Å². The largest absolute Gasteiger partial charge is 0.396 e. The minimum Gasteiger partial charge on any atom is -0.396 e. The zero-order valence-corrected chi connectivity index (χ0v) is 13.6. The molecule has 0 aliphatic rings. The van der Waals surface area contributed by atoms with Gasteiger partial charge < -0.3 is 10.4 Å². The number of carbonyl (C=O) groups excluding carboxylic acids is 1. The summed E-state index contributed by atoms with van der Waals surface area (Å²) in [5.41, 5.74) is 1.45. The Labute approximate surface area is 125 Å². The highest BCUT2D eigenvalue weighted by atomic mass is 32.2. The molecule has 6 heteroatoms. The minimum absolute atomic E-state index is 0.0591. The number of aliphatic hydroxyl groups excluding tert-OH is 1. The van der Waals surface area contributed by atoms with E-state index in [1.165, 1.54) is 0 Å². The molecule has 1 aromatic rings. The van der Waals surface area contributed by atoms with Crippen molar-refractivity contribution in [3.63, 3.8) is 0 Å². The Morgan fingerprint density at radius 2 is 2.15 bits per heavy atom. The molecule has 0 saturated carbocycles. The molecular weight excluding hydrogens is 274 g/mol. The summed E-state index contributed by atoms with van der Waals surface area (Å²) in [4.78, 5) is 12.1. The summed E-state index contributed by atoms with van der Waals surface area (Å²) >= 11 is 1.73. The molecule has 0 fully saturated rings. The fourth-order valence-corrected chi connectivity index (χ4v) is 2.43. The predicted octanol–water partition coefficient (Wildman–Crippen LogP) is 1.56. The minimum atomic E-state index is -0.0849. The number of hydrogen-bond donors (Lipinski definition) is 2. The van der Waals surface area contributed by atoms with Crippen molar-refractivity contribution in [2.45, 2.75) is 32.6 Å². The average Bonchev–Trinajstić information content (AvgIpc) is 2.75. The first-order chi connectivity index (χ1) is 9.36. The van der Waals surface area contributed by atoms with Crippen molar-refractivity contribution < 1.29 is 9.90 Å². The van der Waals surface area contributed by atoms with Crippen LogP contribution in [-0.4, -0.2) is 45.5 Å². The van der Waals surface area contributed by atoms with Gasteiger partial charge in [0.1, 0.15) is 5.69 Å². The molecule has 20 heavy (non-hydrogen) atoms. The van der Waals surface area contributed by atoms with Gasteiger partial charge in [-0.05, 0) is 18.2 Å². The quantitative estimate of drug-likeness (QED) is 0.750. The highest BCUT2D eigenvalue weighted by Gasteiger charge is 2.21. The molecule has 0 aliphatic heterocycles. The van der Waals surface area contributed by atoms with E-state index < -0.39 is 0 Å². The number of aryl methyl sites for hydroxylation is 1. The number of carbonyl (C=O) groups is 1. The lowest BCUT2D eigenvalue weighted by Gasteiger charge is -2.13. The van der Waals surface area contributed by atoms with Gasteiger partial charge in [-0.15, -0.1) is 0 Å². The van der Waals surface area contributed by atoms with E-state index in [-0.39, 0.29) is 17.9 Å². The summed E-state index contributed by atoms with van der Waals surface area (Å²) in [6.45, 7) is 7.09. The first-order valence-corrected chi connectivity index (χ1v) is 8.03. The molecule has 0 spiro atoms. The van der Waals surface area contributed by atoms with Crippen molar-refractivity contribution in [2.75, 3.05) is 24.7 Å². The van der Waals surface area contributed by atoms with E-state index in [9.17, 15) is 4.79 Å². The van der Waals surface area contributed by atoms with Gasteiger partial charge in [0.05, 0.1) is 5.69 Å². The van der Waals surface area contributed by atoms with Gasteiger partial charge in [-0.2, -0.15) is 16.9 Å². The first-order valence-electron chi connectivity index (χ1n) is 6.87. The average molecular weight is 299 g/mol. The van der Waals surface area contributed by atoms with Gasteiger partial charge in [-0.25, -0.2) is 0 Å². The number of nitrogens with one attached hydrogen (secondary N) is 1. The van der Waals surface area contributed by atoms with Gasteiger partial charge in [0.2, 0.25) is 0 Å². The number of rotatable bonds is 7. The fraction of sp³-hybridized carbons (Fsp3) is 0.714. The van der Waals surface area contributed by atoms with E-state index >= 15 is 0 Å². The van der Waals surface area contributed by atoms with Crippen LogP contribution in [0.5, 0.6) is 0 Å². The summed E-state index contributed by atoms with van der Waals surface area (Å²) < 4.78 is 1.63. The van der Waals surface area contributed by atoms with E-state index in [0.717, 1.165) is 23.6 Å². The maximum absolute atomic E-state index is 12.1. The van der Waals surface area contributed by atoms with Gasteiger partial charge in [0, 0.05) is 31.4 Å². The first kappa shape index (κ1) is 17.0. The number of hydrogen-bond acceptors (Lipinski definition) is 4. The maximum Gasteiger partial charge on any atom is 0.269 e. The number of aromatic nitrogens is 2. The molecule has 1 rings (SSSR count). The van der Waals surface area contributed by atoms with E-state index in [0.29, 0.717) is 12.2 Å². The second-order valence-corrected chi connectivity index (χ2v) is 6.96. The standard InChI is InChI=1S/C14H25N3O2S/c1-14(2,3)12-10-11(17(4)16-12)13(19)15-6-9-20-8-5-7-18/h10,18H,5-9H2,1-4H3,(H,15,19). The summed E-state index contributed by atoms with van der Waals surface area (Å²) in [6, 6.07) is 1.86. The maximum atomic E-state index is 12.1. The number of aliphatic hydroxyl groups is 1. The number of nitrogens with zero attached hydrogens (tertiary/aromatic N) is 2. The third-order valence-corrected chi connectivity index (χ3v) is 3.93. The molecule has 0 atom stereocenters. The summed E-state index contributed by atoms with van der Waals surface area (Å²) in [7, 11) is 1.79. The Kier molecular flexibility index (Phi) is 6.55. The van der Waals surface area contributed by atoms with Crippen LogP contribution in [0.2, 0.25) is 0 Å². The van der Waals surface area contributed by atoms with Gasteiger partial charge in [-0.1, -0.05) is 20.8 Å². The van der Waals surface area contributed by atoms with Gasteiger partial charge >= 0.3 is 0 Å². The second-order valence-electron chi connectivity index (χ2n) is 5.73. The highest BCUT2D eigenvalue weighted by molar-refractivity contribution is 7.99. The van der Waals surface area contributed by atoms with E-state index in [2.05, 4.69) is 31.2 Å². The van der Waals surface area contributed by atoms with E-state index in [1.54, 1.807) is 23.5 Å². The zero-order chi connectivity index (χ0) is 15.2. The molecule has 2 N–H and O–H groups in total. The molecular formula is C14H25N3O2S. The molecule has 0 saturated heterocycles. The molecule has 0 aliphatic carbocycles. The Morgan fingerprint density at radius 1 is 1.45 bits per heavy atom. The van der Waals surface area contributed by atoms with Crippen LogP contribution in [0.15, 0.2) is 6.07 Å². The van der Waals surface area contributed by atoms with Crippen molar-refractivity contribution >= 4 is 17.7 Å². The molecule has 0 unspecified atom stereocenters. The third-order valence-electron chi connectivity index (χ3n) is 2.86. The third kappa shape index (κ3) is 5.17. The van der Waals surface area contributed by atoms with Gasteiger partial charge in [-0.3, -0.25) is 9.48 Å². The van der Waals surface area contributed by atoms with Crippen LogP contribution in [-0.2, 0) is 12.5 Å². The van der Waals surface area contributed by atoms with Crippen LogP contribution in [0.1, 0.15) is 43.4 Å². The van der Waals surface area contributed by atoms with E-state index in [1.807, 2.05) is 6.07 Å². The van der Waals surface area contributed by atoms with Crippen LogP contribution >= 0.6 is 11.8 Å². The molecule has 1 heterocycles. The Bertz CT molecular complexity index is 438. The molecule has 0 aromatic carbocycles. The van der Waals surface area contributed by atoms with Gasteiger partial charge in [0.25, 0.3) is 5.91 Å². The number of amides is 1. The van der Waals surface area contributed by atoms with Crippen molar-refractivity contribution in [3.05, 3.63) is 17.5 Å². The van der Waals surface area contributed by atoms with Crippen molar-refractivity contribution in [1.29, 1.82) is 0 Å². The van der Waals surface area contributed by atoms with Crippen molar-refractivity contribution in [1.82, 2.24) is 15.1 Å². The lowest BCUT2D eigenvalue weighted by atomic mass is 9.92. The van der Waals surface area contributed by atoms with Crippen molar-refractivity contribution in [2.24, 2.45) is 7.05 Å². The molecule has 114 valence electrons. The topological polar surface area (TPSA) is 67.2 Å². The van der Waals surface area contributed by atoms with Crippen LogP contribution in [0.25, 0.3) is 0 Å². The Morgan fingerprint density at radius 3 is 2.70 bits per heavy atom. The lowest BCUT2D eigenvalue weighted by Crippen LogP contribution is -2.27.